The van der Waals surface area contributed by atoms with Crippen LogP contribution in [0.15, 0.2) is 27.6 Å². The molecular formula is C10H12BrNOS. The average Bonchev–Trinajstić information content (AvgIpc) is 2.18. The molecule has 14 heavy (non-hydrogen) atoms. The average molecular weight is 274 g/mol. The summed E-state index contributed by atoms with van der Waals surface area (Å²) < 4.78 is 1.05. The molecule has 0 radical (unpaired) electrons. The second-order valence-electron chi connectivity index (χ2n) is 3.47. The zero-order valence-corrected chi connectivity index (χ0v) is 10.1. The maximum absolute atomic E-state index is 10.3. The minimum absolute atomic E-state index is 0.294. The summed E-state index contributed by atoms with van der Waals surface area (Å²) >= 11 is 5.20. The van der Waals surface area contributed by atoms with E-state index in [9.17, 15) is 5.11 Å². The first-order chi connectivity index (χ1) is 6.65. The summed E-state index contributed by atoms with van der Waals surface area (Å²) in [5.41, 5.74) is 5.77. The van der Waals surface area contributed by atoms with Crippen molar-refractivity contribution in [2.45, 2.75) is 16.9 Å². The van der Waals surface area contributed by atoms with Crippen molar-refractivity contribution >= 4 is 27.7 Å². The van der Waals surface area contributed by atoms with Crippen molar-refractivity contribution in [3.63, 3.8) is 0 Å². The van der Waals surface area contributed by atoms with E-state index in [0.717, 1.165) is 27.1 Å². The summed E-state index contributed by atoms with van der Waals surface area (Å²) in [4.78, 5) is 1.14. The smallest absolute Gasteiger partial charge is 0.104 e. The Morgan fingerprint density at radius 3 is 3.07 bits per heavy atom. The number of aliphatic hydroxyl groups is 1. The van der Waals surface area contributed by atoms with E-state index in [1.165, 1.54) is 0 Å². The van der Waals surface area contributed by atoms with Crippen molar-refractivity contribution in [1.29, 1.82) is 0 Å². The van der Waals surface area contributed by atoms with Crippen molar-refractivity contribution in [1.82, 2.24) is 0 Å². The molecule has 0 fully saturated rings. The summed E-state index contributed by atoms with van der Waals surface area (Å²) in [6.45, 7) is 0.294. The molecule has 1 aromatic carbocycles. The minimum atomic E-state index is -0.818. The lowest BCUT2D eigenvalue weighted by atomic mass is 9.91. The minimum Gasteiger partial charge on any atom is -0.384 e. The molecule has 3 N–H and O–H groups in total. The second kappa shape index (κ2) is 3.85. The number of fused-ring (bicyclic) bond motifs is 1. The van der Waals surface area contributed by atoms with Gasteiger partial charge >= 0.3 is 0 Å². The predicted octanol–water partition coefficient (Wildman–Crippen LogP) is 2.09. The van der Waals surface area contributed by atoms with Crippen molar-refractivity contribution in [2.24, 2.45) is 5.73 Å². The van der Waals surface area contributed by atoms with E-state index in [4.69, 9.17) is 5.73 Å². The maximum Gasteiger partial charge on any atom is 0.104 e. The summed E-state index contributed by atoms with van der Waals surface area (Å²) in [5.74, 6) is 0.928. The highest BCUT2D eigenvalue weighted by molar-refractivity contribution is 9.10. The van der Waals surface area contributed by atoms with Crippen LogP contribution < -0.4 is 5.73 Å². The monoisotopic (exact) mass is 273 g/mol. The molecule has 4 heteroatoms. The van der Waals surface area contributed by atoms with E-state index in [0.29, 0.717) is 6.54 Å². The van der Waals surface area contributed by atoms with Gasteiger partial charge in [-0.15, -0.1) is 11.8 Å². The second-order valence-corrected chi connectivity index (χ2v) is 5.53. The molecule has 0 bridgehead atoms. The lowest BCUT2D eigenvalue weighted by Crippen LogP contribution is -2.37. The normalized spacial score (nSPS) is 25.9. The fraction of sp³-hybridized carbons (Fsp3) is 0.400. The third-order valence-corrected chi connectivity index (χ3v) is 4.11. The molecule has 0 aliphatic carbocycles. The topological polar surface area (TPSA) is 46.2 Å². The van der Waals surface area contributed by atoms with Crippen molar-refractivity contribution in [2.75, 3.05) is 12.3 Å². The van der Waals surface area contributed by atoms with Gasteiger partial charge in [0.15, 0.2) is 0 Å². The molecule has 76 valence electrons. The molecule has 1 aromatic rings. The molecule has 0 spiro atoms. The molecule has 2 nitrogen and oxygen atoms in total. The summed E-state index contributed by atoms with van der Waals surface area (Å²) in [5, 5.41) is 10.3. The molecular weight excluding hydrogens is 262 g/mol. The van der Waals surface area contributed by atoms with Crippen LogP contribution in [0.5, 0.6) is 0 Å². The highest BCUT2D eigenvalue weighted by Gasteiger charge is 2.33. The van der Waals surface area contributed by atoms with Crippen molar-refractivity contribution in [3.05, 3.63) is 28.2 Å². The largest absolute Gasteiger partial charge is 0.384 e. The van der Waals surface area contributed by atoms with Gasteiger partial charge in [-0.25, -0.2) is 0 Å². The van der Waals surface area contributed by atoms with E-state index in [-0.39, 0.29) is 0 Å². The van der Waals surface area contributed by atoms with E-state index in [1.54, 1.807) is 11.8 Å². The molecule has 1 unspecified atom stereocenters. The van der Waals surface area contributed by atoms with Gasteiger partial charge in [0, 0.05) is 21.7 Å². The number of hydrogen-bond acceptors (Lipinski definition) is 3. The van der Waals surface area contributed by atoms with Gasteiger partial charge in [-0.1, -0.05) is 22.0 Å². The number of thioether (sulfide) groups is 1. The Bertz CT molecular complexity index is 358. The standard InChI is InChI=1S/C10H12BrNOS/c11-7-1-2-8-9(5-7)14-4-3-10(8,13)6-12/h1-2,5,13H,3-4,6,12H2. The summed E-state index contributed by atoms with van der Waals surface area (Å²) in [6, 6.07) is 5.95. The van der Waals surface area contributed by atoms with Gasteiger partial charge in [-0.2, -0.15) is 0 Å². The van der Waals surface area contributed by atoms with Crippen LogP contribution in [-0.4, -0.2) is 17.4 Å². The van der Waals surface area contributed by atoms with E-state index >= 15 is 0 Å². The number of halogens is 1. The quantitative estimate of drug-likeness (QED) is 0.824. The molecule has 0 saturated carbocycles. The van der Waals surface area contributed by atoms with E-state index < -0.39 is 5.60 Å². The SMILES string of the molecule is NCC1(O)CCSc2cc(Br)ccc21. The predicted molar refractivity (Wildman–Crippen MR) is 62.4 cm³/mol. The first-order valence-corrected chi connectivity index (χ1v) is 6.29. The fourth-order valence-corrected chi connectivity index (χ4v) is 3.47. The van der Waals surface area contributed by atoms with Crippen LogP contribution in [-0.2, 0) is 5.60 Å². The molecule has 1 aliphatic heterocycles. The Kier molecular flexibility index (Phi) is 2.88. The number of rotatable bonds is 1. The third kappa shape index (κ3) is 1.72. The zero-order valence-electron chi connectivity index (χ0n) is 7.66. The molecule has 2 rings (SSSR count). The first-order valence-electron chi connectivity index (χ1n) is 4.51. The van der Waals surface area contributed by atoms with Crippen LogP contribution in [0.1, 0.15) is 12.0 Å². The molecule has 0 amide bonds. The molecule has 0 aromatic heterocycles. The van der Waals surface area contributed by atoms with Gasteiger partial charge in [0.05, 0.1) is 0 Å². The van der Waals surface area contributed by atoms with E-state index in [2.05, 4.69) is 15.9 Å². The van der Waals surface area contributed by atoms with Crippen LogP contribution in [0.4, 0.5) is 0 Å². The summed E-state index contributed by atoms with van der Waals surface area (Å²) in [7, 11) is 0. The highest BCUT2D eigenvalue weighted by atomic mass is 79.9. The van der Waals surface area contributed by atoms with Gasteiger partial charge in [0.25, 0.3) is 0 Å². The fourth-order valence-electron chi connectivity index (χ4n) is 1.68. The zero-order chi connectivity index (χ0) is 10.2. The van der Waals surface area contributed by atoms with E-state index in [1.807, 2.05) is 18.2 Å². The Hall–Kier alpha value is -0.0300. The number of hydrogen-bond donors (Lipinski definition) is 2. The van der Waals surface area contributed by atoms with Gasteiger partial charge in [0.2, 0.25) is 0 Å². The molecule has 1 aliphatic rings. The highest BCUT2D eigenvalue weighted by Crippen LogP contribution is 2.40. The lowest BCUT2D eigenvalue weighted by Gasteiger charge is -2.32. The van der Waals surface area contributed by atoms with Gasteiger partial charge in [-0.3, -0.25) is 0 Å². The Labute approximate surface area is 96.0 Å². The van der Waals surface area contributed by atoms with Crippen LogP contribution >= 0.6 is 27.7 Å². The van der Waals surface area contributed by atoms with Gasteiger partial charge in [-0.05, 0) is 24.1 Å². The Morgan fingerprint density at radius 2 is 2.36 bits per heavy atom. The van der Waals surface area contributed by atoms with Crippen molar-refractivity contribution < 1.29 is 5.11 Å². The lowest BCUT2D eigenvalue weighted by molar-refractivity contribution is 0.0386. The van der Waals surface area contributed by atoms with Crippen molar-refractivity contribution in [3.8, 4) is 0 Å². The van der Waals surface area contributed by atoms with Crippen LogP contribution in [0.3, 0.4) is 0 Å². The molecule has 1 heterocycles. The Morgan fingerprint density at radius 1 is 1.57 bits per heavy atom. The molecule has 0 saturated heterocycles. The number of benzene rings is 1. The third-order valence-electron chi connectivity index (χ3n) is 2.56. The number of nitrogens with two attached hydrogens (primary N) is 1. The summed E-state index contributed by atoms with van der Waals surface area (Å²) in [6.07, 6.45) is 0.739. The first kappa shape index (κ1) is 10.5. The Balaban J connectivity index is 2.50. The van der Waals surface area contributed by atoms with Crippen LogP contribution in [0, 0.1) is 0 Å². The van der Waals surface area contributed by atoms with Crippen LogP contribution in [0.2, 0.25) is 0 Å². The van der Waals surface area contributed by atoms with Gasteiger partial charge < -0.3 is 10.8 Å². The van der Waals surface area contributed by atoms with Crippen LogP contribution in [0.25, 0.3) is 0 Å². The molecule has 1 atom stereocenters. The maximum atomic E-state index is 10.3. The van der Waals surface area contributed by atoms with Gasteiger partial charge in [0.1, 0.15) is 5.60 Å².